The number of hydrogen-bond acceptors (Lipinski definition) is 6. The maximum Gasteiger partial charge on any atom is 0.338 e. The summed E-state index contributed by atoms with van der Waals surface area (Å²) in [6.07, 6.45) is 0.962. The average molecular weight is 347 g/mol. The number of ether oxygens (including phenoxy) is 2. The number of rotatable bonds is 9. The van der Waals surface area contributed by atoms with Crippen molar-refractivity contribution < 1.29 is 23.8 Å². The number of hydrogen-bond donors (Lipinski definition) is 1. The number of carbonyl (C=O) groups is 1. The molecule has 0 radical (unpaired) electrons. The van der Waals surface area contributed by atoms with Crippen molar-refractivity contribution in [1.82, 2.24) is 4.90 Å². The Bertz CT molecular complexity index is 656. The highest BCUT2D eigenvalue weighted by Gasteiger charge is 2.18. The maximum atomic E-state index is 11.7. The largest absolute Gasteiger partial charge is 0.491 e. The zero-order valence-corrected chi connectivity index (χ0v) is 14.8. The molecule has 0 spiro atoms. The van der Waals surface area contributed by atoms with E-state index in [-0.39, 0.29) is 18.6 Å². The molecule has 0 aliphatic heterocycles. The molecule has 0 aliphatic carbocycles. The lowest BCUT2D eigenvalue weighted by Gasteiger charge is -2.25. The first-order valence-corrected chi connectivity index (χ1v) is 8.33. The van der Waals surface area contributed by atoms with E-state index in [1.54, 1.807) is 37.5 Å². The summed E-state index contributed by atoms with van der Waals surface area (Å²) in [7, 11) is 1.91. The number of aliphatic hydroxyl groups is 1. The van der Waals surface area contributed by atoms with Crippen LogP contribution in [0.3, 0.4) is 0 Å². The molecule has 2 rings (SSSR count). The predicted molar refractivity (Wildman–Crippen MR) is 93.7 cm³/mol. The fraction of sp³-hybridized carbons (Fsp3) is 0.421. The van der Waals surface area contributed by atoms with E-state index < -0.39 is 6.10 Å². The second-order valence-electron chi connectivity index (χ2n) is 5.84. The van der Waals surface area contributed by atoms with E-state index in [1.165, 1.54) is 0 Å². The first-order valence-electron chi connectivity index (χ1n) is 8.33. The summed E-state index contributed by atoms with van der Waals surface area (Å²) in [4.78, 5) is 13.7. The van der Waals surface area contributed by atoms with Gasteiger partial charge in [0.25, 0.3) is 0 Å². The molecular formula is C19H25NO5. The van der Waals surface area contributed by atoms with Crippen LogP contribution in [0.5, 0.6) is 5.75 Å². The lowest BCUT2D eigenvalue weighted by atomic mass is 10.2. The fourth-order valence-corrected chi connectivity index (χ4v) is 2.41. The summed E-state index contributed by atoms with van der Waals surface area (Å²) >= 11 is 0. The van der Waals surface area contributed by atoms with E-state index in [0.717, 1.165) is 5.76 Å². The highest BCUT2D eigenvalue weighted by Crippen LogP contribution is 2.19. The quantitative estimate of drug-likeness (QED) is 0.703. The van der Waals surface area contributed by atoms with E-state index in [0.29, 0.717) is 24.5 Å². The van der Waals surface area contributed by atoms with Gasteiger partial charge >= 0.3 is 5.97 Å². The van der Waals surface area contributed by atoms with Gasteiger partial charge in [0.1, 0.15) is 24.2 Å². The zero-order valence-electron chi connectivity index (χ0n) is 14.8. The van der Waals surface area contributed by atoms with Gasteiger partial charge in [-0.1, -0.05) is 6.07 Å². The first kappa shape index (κ1) is 19.0. The molecule has 0 saturated carbocycles. The molecule has 6 heteroatoms. The van der Waals surface area contributed by atoms with Crippen LogP contribution in [0.1, 0.15) is 36.0 Å². The predicted octanol–water partition coefficient (Wildman–Crippen LogP) is 2.89. The van der Waals surface area contributed by atoms with Crippen LogP contribution in [-0.4, -0.2) is 48.9 Å². The number of benzene rings is 1. The van der Waals surface area contributed by atoms with Crippen molar-refractivity contribution in [3.63, 3.8) is 0 Å². The van der Waals surface area contributed by atoms with Crippen LogP contribution in [0.2, 0.25) is 0 Å². The van der Waals surface area contributed by atoms with Crippen molar-refractivity contribution in [1.29, 1.82) is 0 Å². The Morgan fingerprint density at radius 3 is 2.80 bits per heavy atom. The second kappa shape index (κ2) is 9.25. The van der Waals surface area contributed by atoms with Crippen LogP contribution in [0.15, 0.2) is 47.1 Å². The molecule has 2 unspecified atom stereocenters. The topological polar surface area (TPSA) is 72.1 Å². The second-order valence-corrected chi connectivity index (χ2v) is 5.84. The Labute approximate surface area is 148 Å². The number of likely N-dealkylation sites (N-methyl/N-ethyl adjacent to an activating group) is 1. The van der Waals surface area contributed by atoms with Gasteiger partial charge in [-0.2, -0.15) is 0 Å². The molecule has 1 N–H and O–H groups in total. The summed E-state index contributed by atoms with van der Waals surface area (Å²) in [5, 5.41) is 10.2. The molecule has 2 aromatic rings. The molecule has 1 aromatic heterocycles. The smallest absolute Gasteiger partial charge is 0.338 e. The molecule has 1 heterocycles. The molecule has 25 heavy (non-hydrogen) atoms. The molecule has 2 atom stereocenters. The number of carbonyl (C=O) groups excluding carboxylic acids is 1. The standard InChI is InChI=1S/C19H25NO5/c1-4-23-19(22)15-7-5-8-17(11-15)25-13-16(21)12-20(3)14(2)18-9-6-10-24-18/h5-11,14,16,21H,4,12-13H2,1-3H3. The van der Waals surface area contributed by atoms with Crippen molar-refractivity contribution in [2.24, 2.45) is 0 Å². The maximum absolute atomic E-state index is 11.7. The van der Waals surface area contributed by atoms with Crippen molar-refractivity contribution in [3.8, 4) is 5.75 Å². The number of aliphatic hydroxyl groups excluding tert-OH is 1. The van der Waals surface area contributed by atoms with Gasteiger partial charge in [-0.15, -0.1) is 0 Å². The first-order chi connectivity index (χ1) is 12.0. The summed E-state index contributed by atoms with van der Waals surface area (Å²) < 4.78 is 15.9. The van der Waals surface area contributed by atoms with Crippen molar-refractivity contribution in [3.05, 3.63) is 54.0 Å². The van der Waals surface area contributed by atoms with Crippen LogP contribution in [0.4, 0.5) is 0 Å². The highest BCUT2D eigenvalue weighted by atomic mass is 16.5. The summed E-state index contributed by atoms with van der Waals surface area (Å²) in [5.74, 6) is 0.976. The minimum Gasteiger partial charge on any atom is -0.491 e. The SMILES string of the molecule is CCOC(=O)c1cccc(OCC(O)CN(C)C(C)c2ccco2)c1. The molecule has 0 bridgehead atoms. The lowest BCUT2D eigenvalue weighted by Crippen LogP contribution is -2.34. The zero-order chi connectivity index (χ0) is 18.2. The van der Waals surface area contributed by atoms with Gasteiger partial charge in [0.05, 0.1) is 24.5 Å². The third kappa shape index (κ3) is 5.62. The minimum absolute atomic E-state index is 0.0526. The van der Waals surface area contributed by atoms with Crippen molar-refractivity contribution >= 4 is 5.97 Å². The molecule has 1 aromatic carbocycles. The Morgan fingerprint density at radius 1 is 1.32 bits per heavy atom. The van der Waals surface area contributed by atoms with E-state index in [9.17, 15) is 9.90 Å². The van der Waals surface area contributed by atoms with E-state index >= 15 is 0 Å². The minimum atomic E-state index is -0.673. The van der Waals surface area contributed by atoms with Gasteiger partial charge in [-0.05, 0) is 51.2 Å². The van der Waals surface area contributed by atoms with Crippen molar-refractivity contribution in [2.45, 2.75) is 26.0 Å². The Morgan fingerprint density at radius 2 is 2.12 bits per heavy atom. The lowest BCUT2D eigenvalue weighted by molar-refractivity contribution is 0.0524. The van der Waals surface area contributed by atoms with Gasteiger partial charge in [-0.3, -0.25) is 4.90 Å². The van der Waals surface area contributed by atoms with Gasteiger partial charge in [0.2, 0.25) is 0 Å². The Hall–Kier alpha value is -2.31. The monoisotopic (exact) mass is 347 g/mol. The van der Waals surface area contributed by atoms with Gasteiger partial charge in [0, 0.05) is 6.54 Å². The summed E-state index contributed by atoms with van der Waals surface area (Å²) in [6.45, 7) is 4.65. The molecule has 0 fully saturated rings. The van der Waals surface area contributed by atoms with Gasteiger partial charge < -0.3 is 19.0 Å². The molecule has 6 nitrogen and oxygen atoms in total. The number of nitrogens with zero attached hydrogens (tertiary/aromatic N) is 1. The number of furan rings is 1. The average Bonchev–Trinajstić information content (AvgIpc) is 3.14. The molecule has 0 saturated heterocycles. The molecule has 136 valence electrons. The molecule has 0 amide bonds. The Balaban J connectivity index is 1.84. The molecule has 0 aliphatic rings. The normalized spacial score (nSPS) is 13.5. The number of esters is 1. The van der Waals surface area contributed by atoms with E-state index in [2.05, 4.69) is 0 Å². The van der Waals surface area contributed by atoms with Gasteiger partial charge in [-0.25, -0.2) is 4.79 Å². The van der Waals surface area contributed by atoms with Crippen LogP contribution in [0.25, 0.3) is 0 Å². The van der Waals surface area contributed by atoms with E-state index in [1.807, 2.05) is 31.0 Å². The third-order valence-electron chi connectivity index (χ3n) is 3.90. The summed E-state index contributed by atoms with van der Waals surface area (Å²) in [6, 6.07) is 10.5. The van der Waals surface area contributed by atoms with Crippen LogP contribution in [-0.2, 0) is 4.74 Å². The summed E-state index contributed by atoms with van der Waals surface area (Å²) in [5.41, 5.74) is 0.428. The van der Waals surface area contributed by atoms with E-state index in [4.69, 9.17) is 13.9 Å². The Kier molecular flexibility index (Phi) is 7.03. The van der Waals surface area contributed by atoms with Crippen LogP contribution >= 0.6 is 0 Å². The van der Waals surface area contributed by atoms with Crippen molar-refractivity contribution in [2.75, 3.05) is 26.8 Å². The van der Waals surface area contributed by atoms with Crippen LogP contribution in [0, 0.1) is 0 Å². The fourth-order valence-electron chi connectivity index (χ4n) is 2.41. The van der Waals surface area contributed by atoms with Gasteiger partial charge in [0.15, 0.2) is 0 Å². The highest BCUT2D eigenvalue weighted by molar-refractivity contribution is 5.89. The third-order valence-corrected chi connectivity index (χ3v) is 3.90. The molecular weight excluding hydrogens is 322 g/mol. The van der Waals surface area contributed by atoms with Crippen LogP contribution < -0.4 is 4.74 Å².